The third kappa shape index (κ3) is 1.42. The van der Waals surface area contributed by atoms with Crippen LogP contribution in [-0.2, 0) is 4.79 Å². The van der Waals surface area contributed by atoms with Crippen molar-refractivity contribution < 1.29 is 4.79 Å². The van der Waals surface area contributed by atoms with Crippen molar-refractivity contribution in [3.8, 4) is 0 Å². The second-order valence-electron chi connectivity index (χ2n) is 1.26. The summed E-state index contributed by atoms with van der Waals surface area (Å²) in [6.07, 6.45) is 1.45. The molecule has 0 aromatic heterocycles. The average molecular weight is 150 g/mol. The Morgan fingerprint density at radius 1 is 1.88 bits per heavy atom. The van der Waals surface area contributed by atoms with Gasteiger partial charge in [0.05, 0.1) is 0 Å². The smallest absolute Gasteiger partial charge is 0.246 e. The first-order valence-electron chi connectivity index (χ1n) is 2.05. The summed E-state index contributed by atoms with van der Waals surface area (Å²) in [5, 5.41) is 4.16. The molecule has 0 saturated heterocycles. The second-order valence-corrected chi connectivity index (χ2v) is 2.97. The van der Waals surface area contributed by atoms with Gasteiger partial charge >= 0.3 is 0 Å². The number of carbonyl (C=O) groups excluding carboxylic acids is 1. The Labute approximate surface area is 56.3 Å². The Kier molecular flexibility index (Phi) is 1.81. The van der Waals surface area contributed by atoms with Crippen molar-refractivity contribution in [3.05, 3.63) is 11.5 Å². The van der Waals surface area contributed by atoms with Crippen LogP contribution >= 0.6 is 23.4 Å². The third-order valence-electron chi connectivity index (χ3n) is 0.673. The predicted molar refractivity (Wildman–Crippen MR) is 34.5 cm³/mol. The molecule has 1 N–H and O–H groups in total. The maximum Gasteiger partial charge on any atom is 0.246 e. The number of amides is 1. The summed E-state index contributed by atoms with van der Waals surface area (Å²) in [6, 6.07) is 0. The minimum absolute atomic E-state index is 0.122. The minimum atomic E-state index is -0.285. The molecule has 0 radical (unpaired) electrons. The number of halogens is 1. The van der Waals surface area contributed by atoms with Gasteiger partial charge in [-0.25, -0.2) is 0 Å². The number of thioether (sulfide) groups is 1. The largest absolute Gasteiger partial charge is 0.328 e. The van der Waals surface area contributed by atoms with Gasteiger partial charge in [-0.2, -0.15) is 0 Å². The summed E-state index contributed by atoms with van der Waals surface area (Å²) in [5.41, 5.74) is 0. The Balaban J connectivity index is 2.54. The highest BCUT2D eigenvalue weighted by atomic mass is 35.5. The van der Waals surface area contributed by atoms with Crippen LogP contribution in [0.5, 0.6) is 0 Å². The van der Waals surface area contributed by atoms with E-state index in [1.807, 2.05) is 0 Å². The molecule has 0 aromatic rings. The van der Waals surface area contributed by atoms with E-state index < -0.39 is 0 Å². The molecule has 0 aromatic carbocycles. The zero-order valence-electron chi connectivity index (χ0n) is 3.93. The normalized spacial score (nSPS) is 27.6. The van der Waals surface area contributed by atoms with Crippen molar-refractivity contribution in [2.75, 3.05) is 0 Å². The minimum Gasteiger partial charge on any atom is -0.328 e. The Hall–Kier alpha value is -0.150. The van der Waals surface area contributed by atoms with Crippen LogP contribution in [0.1, 0.15) is 0 Å². The maximum atomic E-state index is 10.4. The summed E-state index contributed by atoms with van der Waals surface area (Å²) < 4.78 is 0. The number of nitrogens with one attached hydrogen (secondary N) is 1. The SMILES string of the molecule is O=C1C=CSC(Cl)N1. The molecular formula is C4H4ClNOS. The zero-order chi connectivity index (χ0) is 5.98. The zero-order valence-corrected chi connectivity index (χ0v) is 5.50. The molecule has 0 spiro atoms. The first-order valence-corrected chi connectivity index (χ1v) is 3.43. The van der Waals surface area contributed by atoms with E-state index in [1.165, 1.54) is 17.8 Å². The molecule has 1 heterocycles. The Morgan fingerprint density at radius 2 is 2.62 bits per heavy atom. The molecular weight excluding hydrogens is 146 g/mol. The molecule has 0 saturated carbocycles. The Bertz CT molecular complexity index is 136. The number of alkyl halides is 1. The highest BCUT2D eigenvalue weighted by Gasteiger charge is 2.08. The monoisotopic (exact) mass is 149 g/mol. The Morgan fingerprint density at radius 3 is 3.00 bits per heavy atom. The van der Waals surface area contributed by atoms with Gasteiger partial charge in [0.25, 0.3) is 0 Å². The topological polar surface area (TPSA) is 29.1 Å². The van der Waals surface area contributed by atoms with Crippen molar-refractivity contribution >= 4 is 29.3 Å². The lowest BCUT2D eigenvalue weighted by Crippen LogP contribution is -2.28. The molecule has 1 amide bonds. The van der Waals surface area contributed by atoms with Crippen LogP contribution in [0, 0.1) is 0 Å². The van der Waals surface area contributed by atoms with E-state index in [4.69, 9.17) is 11.6 Å². The number of rotatable bonds is 0. The fraction of sp³-hybridized carbons (Fsp3) is 0.250. The van der Waals surface area contributed by atoms with Gasteiger partial charge in [0.1, 0.15) is 0 Å². The molecule has 0 aliphatic carbocycles. The van der Waals surface area contributed by atoms with Crippen molar-refractivity contribution in [2.45, 2.75) is 4.83 Å². The molecule has 1 atom stereocenters. The van der Waals surface area contributed by atoms with Crippen molar-refractivity contribution in [1.29, 1.82) is 0 Å². The molecule has 2 nitrogen and oxygen atoms in total. The molecule has 44 valence electrons. The lowest BCUT2D eigenvalue weighted by molar-refractivity contribution is -0.116. The predicted octanol–water partition coefficient (Wildman–Crippen LogP) is 0.885. The summed E-state index contributed by atoms with van der Waals surface area (Å²) in [7, 11) is 0. The van der Waals surface area contributed by atoms with Crippen LogP contribution in [-0.4, -0.2) is 10.7 Å². The molecule has 1 rings (SSSR count). The van der Waals surface area contributed by atoms with E-state index >= 15 is 0 Å². The van der Waals surface area contributed by atoms with Gasteiger partial charge in [-0.05, 0) is 5.41 Å². The van der Waals surface area contributed by atoms with E-state index in [1.54, 1.807) is 5.41 Å². The summed E-state index contributed by atoms with van der Waals surface area (Å²) in [4.78, 5) is 10.1. The number of hydrogen-bond acceptors (Lipinski definition) is 2. The lowest BCUT2D eigenvalue weighted by atomic mass is 10.6. The highest BCUT2D eigenvalue weighted by molar-refractivity contribution is 8.03. The average Bonchev–Trinajstić information content (AvgIpc) is 1.64. The molecule has 1 unspecified atom stereocenters. The van der Waals surface area contributed by atoms with E-state index in [-0.39, 0.29) is 10.7 Å². The van der Waals surface area contributed by atoms with Crippen LogP contribution in [0.15, 0.2) is 11.5 Å². The van der Waals surface area contributed by atoms with Gasteiger partial charge in [-0.3, -0.25) is 4.79 Å². The maximum absolute atomic E-state index is 10.4. The van der Waals surface area contributed by atoms with Gasteiger partial charge in [-0.15, -0.1) is 0 Å². The fourth-order valence-electron chi connectivity index (χ4n) is 0.364. The quantitative estimate of drug-likeness (QED) is 0.409. The number of hydrogen-bond donors (Lipinski definition) is 1. The first kappa shape index (κ1) is 5.98. The molecule has 0 bridgehead atoms. The van der Waals surface area contributed by atoms with Crippen LogP contribution in [0.25, 0.3) is 0 Å². The molecule has 0 fully saturated rings. The van der Waals surface area contributed by atoms with E-state index in [2.05, 4.69) is 5.32 Å². The first-order chi connectivity index (χ1) is 3.79. The van der Waals surface area contributed by atoms with Crippen molar-refractivity contribution in [1.82, 2.24) is 5.32 Å². The lowest BCUT2D eigenvalue weighted by Gasteiger charge is -2.10. The van der Waals surface area contributed by atoms with Crippen LogP contribution in [0.2, 0.25) is 0 Å². The third-order valence-corrected chi connectivity index (χ3v) is 1.74. The summed E-state index contributed by atoms with van der Waals surface area (Å²) >= 11 is 6.87. The summed E-state index contributed by atoms with van der Waals surface area (Å²) in [6.45, 7) is 0. The van der Waals surface area contributed by atoms with Gasteiger partial charge in [-0.1, -0.05) is 23.4 Å². The van der Waals surface area contributed by atoms with E-state index in [0.717, 1.165) is 0 Å². The molecule has 8 heavy (non-hydrogen) atoms. The van der Waals surface area contributed by atoms with Gasteiger partial charge in [0, 0.05) is 6.08 Å². The van der Waals surface area contributed by atoms with Crippen molar-refractivity contribution in [3.63, 3.8) is 0 Å². The van der Waals surface area contributed by atoms with E-state index in [9.17, 15) is 4.79 Å². The van der Waals surface area contributed by atoms with Gasteiger partial charge < -0.3 is 5.32 Å². The number of carbonyl (C=O) groups is 1. The molecule has 4 heteroatoms. The summed E-state index contributed by atoms with van der Waals surface area (Å²) in [5.74, 6) is -0.122. The second kappa shape index (κ2) is 2.42. The van der Waals surface area contributed by atoms with Crippen LogP contribution < -0.4 is 5.32 Å². The van der Waals surface area contributed by atoms with E-state index in [0.29, 0.717) is 0 Å². The van der Waals surface area contributed by atoms with Gasteiger partial charge in [0.2, 0.25) is 5.91 Å². The highest BCUT2D eigenvalue weighted by Crippen LogP contribution is 2.16. The van der Waals surface area contributed by atoms with Crippen LogP contribution in [0.3, 0.4) is 0 Å². The standard InChI is InChI=1S/C4H4ClNOS/c5-4-6-3(7)1-2-8-4/h1-2,4H,(H,6,7). The van der Waals surface area contributed by atoms with Gasteiger partial charge in [0.15, 0.2) is 4.83 Å². The molecule has 1 aliphatic rings. The van der Waals surface area contributed by atoms with Crippen LogP contribution in [0.4, 0.5) is 0 Å². The fourth-order valence-corrected chi connectivity index (χ4v) is 1.17. The molecule has 1 aliphatic heterocycles. The van der Waals surface area contributed by atoms with Crippen molar-refractivity contribution in [2.24, 2.45) is 0 Å².